The number of hydrogen-bond acceptors (Lipinski definition) is 4. The molecule has 30 heavy (non-hydrogen) atoms. The Morgan fingerprint density at radius 2 is 1.93 bits per heavy atom. The number of hydrogen-bond donors (Lipinski definition) is 2. The molecule has 0 saturated heterocycles. The molecule has 2 N–H and O–H groups in total. The number of amides is 1. The molecule has 2 heterocycles. The average Bonchev–Trinajstić information content (AvgIpc) is 2.89. The minimum atomic E-state index is -3.95. The van der Waals surface area contributed by atoms with Gasteiger partial charge < -0.3 is 5.32 Å². The van der Waals surface area contributed by atoms with Crippen molar-refractivity contribution >= 4 is 33.2 Å². The summed E-state index contributed by atoms with van der Waals surface area (Å²) in [6.07, 6.45) is 0.484. The predicted octanol–water partition coefficient (Wildman–Crippen LogP) is 3.72. The van der Waals surface area contributed by atoms with Gasteiger partial charge in [-0.2, -0.15) is 0 Å². The molecule has 166 valence electrons. The van der Waals surface area contributed by atoms with Gasteiger partial charge in [-0.15, -0.1) is 0 Å². The van der Waals surface area contributed by atoms with Crippen molar-refractivity contribution in [3.63, 3.8) is 0 Å². The highest BCUT2D eigenvalue weighted by molar-refractivity contribution is 7.89. The van der Waals surface area contributed by atoms with Crippen molar-refractivity contribution < 1.29 is 22.0 Å². The molecule has 0 atom stereocenters. The molecule has 3 rings (SSSR count). The van der Waals surface area contributed by atoms with Crippen molar-refractivity contribution in [3.8, 4) is 0 Å². The Morgan fingerprint density at radius 3 is 2.43 bits per heavy atom. The van der Waals surface area contributed by atoms with Gasteiger partial charge in [0.05, 0.1) is 16.3 Å². The lowest BCUT2D eigenvalue weighted by Gasteiger charge is -2.35. The fraction of sp³-hybridized carbons (Fsp3) is 0.579. The quantitative estimate of drug-likeness (QED) is 0.708. The summed E-state index contributed by atoms with van der Waals surface area (Å²) in [6.45, 7) is 8.79. The maximum atomic E-state index is 13.1. The molecule has 0 bridgehead atoms. The number of rotatable bonds is 5. The standard InChI is InChI=1S/C19H25ClF2N4O3S/c1-10(2)15-17(30(28,29)25-18(3,4)5)26-9-13(20)12(6-14(26)24-15)16(27)23-11-7-19(21,22)8-11/h6,9-11,25H,7-8H2,1-5H3,(H,23,27). The first-order valence-electron chi connectivity index (χ1n) is 9.54. The smallest absolute Gasteiger partial charge is 0.258 e. The lowest BCUT2D eigenvalue weighted by Crippen LogP contribution is -2.50. The Hall–Kier alpha value is -1.78. The molecular formula is C19H25ClF2N4O3S. The number of nitrogens with zero attached hydrogens (tertiary/aromatic N) is 2. The second kappa shape index (κ2) is 7.42. The van der Waals surface area contributed by atoms with E-state index in [1.54, 1.807) is 20.8 Å². The summed E-state index contributed by atoms with van der Waals surface area (Å²) >= 11 is 6.27. The largest absolute Gasteiger partial charge is 0.349 e. The molecule has 0 spiro atoms. The van der Waals surface area contributed by atoms with Crippen LogP contribution in [-0.2, 0) is 10.0 Å². The average molecular weight is 463 g/mol. The Morgan fingerprint density at radius 1 is 1.33 bits per heavy atom. The Balaban J connectivity index is 2.04. The summed E-state index contributed by atoms with van der Waals surface area (Å²) in [7, 11) is -3.95. The van der Waals surface area contributed by atoms with Gasteiger partial charge in [0, 0.05) is 30.6 Å². The van der Waals surface area contributed by atoms with Crippen LogP contribution in [0, 0.1) is 0 Å². The van der Waals surface area contributed by atoms with Gasteiger partial charge in [0.25, 0.3) is 21.9 Å². The number of alkyl halides is 2. The number of halogens is 3. The van der Waals surface area contributed by atoms with E-state index in [0.717, 1.165) is 0 Å². The molecule has 0 unspecified atom stereocenters. The molecule has 0 radical (unpaired) electrons. The minimum absolute atomic E-state index is 0.00833. The van der Waals surface area contributed by atoms with Gasteiger partial charge in [-0.25, -0.2) is 26.9 Å². The van der Waals surface area contributed by atoms with E-state index in [2.05, 4.69) is 15.0 Å². The summed E-state index contributed by atoms with van der Waals surface area (Å²) < 4.78 is 56.1. The van der Waals surface area contributed by atoms with Crippen molar-refractivity contribution in [2.45, 2.75) is 75.9 Å². The Bertz CT molecular complexity index is 1100. The summed E-state index contributed by atoms with van der Waals surface area (Å²) in [5, 5.41) is 2.47. The van der Waals surface area contributed by atoms with Crippen LogP contribution in [0.2, 0.25) is 5.02 Å². The maximum absolute atomic E-state index is 13.1. The van der Waals surface area contributed by atoms with Gasteiger partial charge >= 0.3 is 0 Å². The molecule has 11 heteroatoms. The fourth-order valence-electron chi connectivity index (χ4n) is 3.36. The number of fused-ring (bicyclic) bond motifs is 1. The van der Waals surface area contributed by atoms with Crippen molar-refractivity contribution in [1.29, 1.82) is 0 Å². The highest BCUT2D eigenvalue weighted by Crippen LogP contribution is 2.37. The van der Waals surface area contributed by atoms with Crippen LogP contribution < -0.4 is 10.0 Å². The number of sulfonamides is 1. The lowest BCUT2D eigenvalue weighted by atomic mass is 9.88. The zero-order chi connectivity index (χ0) is 22.6. The van der Waals surface area contributed by atoms with Crippen LogP contribution in [0.3, 0.4) is 0 Å². The summed E-state index contributed by atoms with van der Waals surface area (Å²) in [6, 6.07) is 0.744. The van der Waals surface area contributed by atoms with Gasteiger partial charge in [0.15, 0.2) is 5.03 Å². The van der Waals surface area contributed by atoms with Crippen molar-refractivity contribution in [1.82, 2.24) is 19.4 Å². The Kier molecular flexibility index (Phi) is 5.66. The Labute approximate surface area is 179 Å². The maximum Gasteiger partial charge on any atom is 0.258 e. The van der Waals surface area contributed by atoms with E-state index < -0.39 is 46.3 Å². The van der Waals surface area contributed by atoms with Crippen molar-refractivity contribution in [3.05, 3.63) is 28.5 Å². The number of aromatic nitrogens is 2. The second-order valence-corrected chi connectivity index (χ2v) is 11.0. The molecule has 1 amide bonds. The summed E-state index contributed by atoms with van der Waals surface area (Å²) in [5.41, 5.74) is -0.112. The molecule has 0 aromatic carbocycles. The molecule has 0 aliphatic heterocycles. The van der Waals surface area contributed by atoms with Crippen molar-refractivity contribution in [2.75, 3.05) is 0 Å². The lowest BCUT2D eigenvalue weighted by molar-refractivity contribution is -0.0901. The third-order valence-corrected chi connectivity index (χ3v) is 6.70. The monoisotopic (exact) mass is 462 g/mol. The van der Waals surface area contributed by atoms with E-state index in [4.69, 9.17) is 11.6 Å². The molecule has 1 aliphatic carbocycles. The van der Waals surface area contributed by atoms with E-state index in [1.807, 2.05) is 13.8 Å². The zero-order valence-electron chi connectivity index (χ0n) is 17.4. The first-order chi connectivity index (χ1) is 13.6. The topological polar surface area (TPSA) is 92.6 Å². The highest BCUT2D eigenvalue weighted by atomic mass is 35.5. The van der Waals surface area contributed by atoms with Crippen LogP contribution in [0.15, 0.2) is 17.3 Å². The van der Waals surface area contributed by atoms with E-state index >= 15 is 0 Å². The molecule has 2 aromatic heterocycles. The van der Waals surface area contributed by atoms with Crippen LogP contribution in [-0.4, -0.2) is 41.2 Å². The molecule has 1 aliphatic rings. The predicted molar refractivity (Wildman–Crippen MR) is 110 cm³/mol. The number of nitrogens with one attached hydrogen (secondary N) is 2. The molecule has 1 fully saturated rings. The van der Waals surface area contributed by atoms with E-state index in [-0.39, 0.29) is 27.2 Å². The molecular weight excluding hydrogens is 438 g/mol. The second-order valence-electron chi connectivity index (χ2n) is 9.01. The fourth-order valence-corrected chi connectivity index (χ4v) is 5.46. The van der Waals surface area contributed by atoms with Crippen LogP contribution in [0.1, 0.15) is 69.4 Å². The zero-order valence-corrected chi connectivity index (χ0v) is 19.0. The SMILES string of the molecule is CC(C)c1nc2cc(C(=O)NC3CC(F)(F)C3)c(Cl)cn2c1S(=O)(=O)NC(C)(C)C. The van der Waals surface area contributed by atoms with Crippen molar-refractivity contribution in [2.24, 2.45) is 0 Å². The molecule has 2 aromatic rings. The van der Waals surface area contributed by atoms with E-state index in [9.17, 15) is 22.0 Å². The third kappa shape index (κ3) is 4.60. The first kappa shape index (κ1) is 22.9. The number of imidazole rings is 1. The molecule has 7 nitrogen and oxygen atoms in total. The van der Waals surface area contributed by atoms with Crippen LogP contribution in [0.4, 0.5) is 8.78 Å². The number of pyridine rings is 1. The first-order valence-corrected chi connectivity index (χ1v) is 11.4. The highest BCUT2D eigenvalue weighted by Gasteiger charge is 2.46. The van der Waals surface area contributed by atoms with Gasteiger partial charge in [-0.3, -0.25) is 9.20 Å². The van der Waals surface area contributed by atoms with Crippen LogP contribution >= 0.6 is 11.6 Å². The third-order valence-electron chi connectivity index (χ3n) is 4.60. The van der Waals surface area contributed by atoms with Crippen LogP contribution in [0.25, 0.3) is 5.65 Å². The van der Waals surface area contributed by atoms with Crippen LogP contribution in [0.5, 0.6) is 0 Å². The van der Waals surface area contributed by atoms with E-state index in [1.165, 1.54) is 16.7 Å². The summed E-state index contributed by atoms with van der Waals surface area (Å²) in [4.78, 5) is 16.9. The number of carbonyl (C=O) groups excluding carboxylic acids is 1. The normalized spacial score (nSPS) is 17.4. The summed E-state index contributed by atoms with van der Waals surface area (Å²) in [5.74, 6) is -3.58. The minimum Gasteiger partial charge on any atom is -0.349 e. The molecule has 1 saturated carbocycles. The van der Waals surface area contributed by atoms with Gasteiger partial charge in [-0.1, -0.05) is 25.4 Å². The number of carbonyl (C=O) groups is 1. The van der Waals surface area contributed by atoms with E-state index in [0.29, 0.717) is 5.69 Å². The van der Waals surface area contributed by atoms with Gasteiger partial charge in [0.1, 0.15) is 5.65 Å². The van der Waals surface area contributed by atoms with Gasteiger partial charge in [-0.05, 0) is 32.8 Å². The van der Waals surface area contributed by atoms with Gasteiger partial charge in [0.2, 0.25) is 0 Å².